The molecule has 43 heavy (non-hydrogen) atoms. The third kappa shape index (κ3) is 5.63. The van der Waals surface area contributed by atoms with Crippen molar-refractivity contribution in [1.82, 2.24) is 24.5 Å². The predicted octanol–water partition coefficient (Wildman–Crippen LogP) is 5.77. The lowest BCUT2D eigenvalue weighted by Crippen LogP contribution is -2.60. The number of rotatable bonds is 8. The molecular weight excluding hydrogens is 649 g/mol. The Balaban J connectivity index is 1.78. The van der Waals surface area contributed by atoms with Crippen LogP contribution in [-0.2, 0) is 23.1 Å². The molecule has 0 N–H and O–H groups in total. The first kappa shape index (κ1) is 32.4. The molecule has 1 saturated carbocycles. The molecule has 0 atom stereocenters. The molecule has 0 aliphatic heterocycles. The van der Waals surface area contributed by atoms with Crippen LogP contribution in [0.4, 0.5) is 39.5 Å². The SMILES string of the molecule is CN(C(=O)c1cc(-c2cnn(-c3c(C(C)(F)F)c(OS(=O)(=O)C(F)(C(F)(F)F)C(F)(F)F)nn3C)c2)ccc1Cl)C1CC1. The summed E-state index contributed by atoms with van der Waals surface area (Å²) in [4.78, 5) is 14.4. The minimum atomic E-state index is -7.43. The molecule has 0 radical (unpaired) electrons. The van der Waals surface area contributed by atoms with Gasteiger partial charge < -0.3 is 9.08 Å². The summed E-state index contributed by atoms with van der Waals surface area (Å²) in [5.74, 6) is -7.44. The summed E-state index contributed by atoms with van der Waals surface area (Å²) < 4.78 is 151. The second-order valence-corrected chi connectivity index (χ2v) is 11.7. The normalized spacial score (nSPS) is 15.1. The maximum atomic E-state index is 14.7. The average Bonchev–Trinajstić information content (AvgIpc) is 3.50. The number of hydrogen-bond acceptors (Lipinski definition) is 6. The third-order valence-electron chi connectivity index (χ3n) is 6.43. The fourth-order valence-corrected chi connectivity index (χ4v) is 5.28. The van der Waals surface area contributed by atoms with E-state index in [-0.39, 0.29) is 29.1 Å². The lowest BCUT2D eigenvalue weighted by molar-refractivity contribution is -0.307. The van der Waals surface area contributed by atoms with Gasteiger partial charge in [0.25, 0.3) is 17.7 Å². The zero-order valence-electron chi connectivity index (χ0n) is 21.9. The van der Waals surface area contributed by atoms with E-state index in [4.69, 9.17) is 11.6 Å². The topological polar surface area (TPSA) is 99.3 Å². The van der Waals surface area contributed by atoms with Crippen LogP contribution in [0.15, 0.2) is 30.6 Å². The van der Waals surface area contributed by atoms with Gasteiger partial charge >= 0.3 is 27.5 Å². The lowest BCUT2D eigenvalue weighted by atomic mass is 10.1. The Morgan fingerprint density at radius 1 is 1.05 bits per heavy atom. The fourth-order valence-electron chi connectivity index (χ4n) is 4.08. The molecule has 0 unspecified atom stereocenters. The fraction of sp³-hybridized carbons (Fsp3) is 0.435. The summed E-state index contributed by atoms with van der Waals surface area (Å²) in [5.41, 5.74) is -1.06. The van der Waals surface area contributed by atoms with Gasteiger partial charge in [0, 0.05) is 38.8 Å². The van der Waals surface area contributed by atoms with E-state index in [0.29, 0.717) is 14.9 Å². The van der Waals surface area contributed by atoms with Crippen molar-refractivity contribution in [2.45, 2.75) is 49.1 Å². The van der Waals surface area contributed by atoms with Crippen LogP contribution in [0.1, 0.15) is 35.7 Å². The summed E-state index contributed by atoms with van der Waals surface area (Å²) in [6.45, 7) is 0.112. The van der Waals surface area contributed by atoms with Gasteiger partial charge in [0.15, 0.2) is 5.82 Å². The minimum Gasteiger partial charge on any atom is -0.357 e. The van der Waals surface area contributed by atoms with E-state index >= 15 is 0 Å². The van der Waals surface area contributed by atoms with Gasteiger partial charge in [-0.05, 0) is 30.5 Å². The summed E-state index contributed by atoms with van der Waals surface area (Å²) in [7, 11) is -4.97. The molecule has 1 aliphatic carbocycles. The largest absolute Gasteiger partial charge is 0.450 e. The van der Waals surface area contributed by atoms with Gasteiger partial charge in [0.1, 0.15) is 5.56 Å². The van der Waals surface area contributed by atoms with Crippen LogP contribution >= 0.6 is 11.6 Å². The first-order valence-electron chi connectivity index (χ1n) is 11.8. The Hall–Kier alpha value is -3.48. The number of halogens is 10. The van der Waals surface area contributed by atoms with Crippen molar-refractivity contribution in [3.63, 3.8) is 0 Å². The maximum absolute atomic E-state index is 14.7. The van der Waals surface area contributed by atoms with E-state index in [1.54, 1.807) is 7.05 Å². The summed E-state index contributed by atoms with van der Waals surface area (Å²) >= 11 is 6.19. The van der Waals surface area contributed by atoms with E-state index in [1.165, 1.54) is 23.1 Å². The monoisotopic (exact) mass is 667 g/mol. The Bertz CT molecular complexity index is 1660. The van der Waals surface area contributed by atoms with E-state index in [2.05, 4.69) is 14.4 Å². The first-order chi connectivity index (χ1) is 19.5. The number of aryl methyl sites for hydroxylation is 1. The van der Waals surface area contributed by atoms with Crippen LogP contribution in [0.3, 0.4) is 0 Å². The van der Waals surface area contributed by atoms with Crippen LogP contribution < -0.4 is 4.18 Å². The third-order valence-corrected chi connectivity index (χ3v) is 8.29. The molecule has 1 aromatic carbocycles. The van der Waals surface area contributed by atoms with Crippen LogP contribution in [0.5, 0.6) is 5.88 Å². The minimum absolute atomic E-state index is 0.0454. The van der Waals surface area contributed by atoms with Gasteiger partial charge in [0.2, 0.25) is 0 Å². The van der Waals surface area contributed by atoms with Crippen molar-refractivity contribution < 1.29 is 56.9 Å². The predicted molar refractivity (Wildman–Crippen MR) is 131 cm³/mol. The molecule has 3 aromatic rings. The van der Waals surface area contributed by atoms with E-state index in [9.17, 15) is 52.7 Å². The number of alkyl halides is 9. The van der Waals surface area contributed by atoms with Crippen molar-refractivity contribution in [3.8, 4) is 22.8 Å². The number of amides is 1. The van der Waals surface area contributed by atoms with Crippen molar-refractivity contribution in [3.05, 3.63) is 46.7 Å². The molecule has 9 nitrogen and oxygen atoms in total. The van der Waals surface area contributed by atoms with Gasteiger partial charge in [-0.15, -0.1) is 5.10 Å². The maximum Gasteiger partial charge on any atom is 0.450 e. The average molecular weight is 668 g/mol. The smallest absolute Gasteiger partial charge is 0.357 e. The molecule has 0 spiro atoms. The number of benzene rings is 1. The molecule has 1 fully saturated rings. The zero-order valence-corrected chi connectivity index (χ0v) is 23.5. The van der Waals surface area contributed by atoms with Crippen LogP contribution in [-0.4, -0.2) is 69.2 Å². The number of carbonyl (C=O) groups is 1. The zero-order chi connectivity index (χ0) is 32.5. The van der Waals surface area contributed by atoms with Crippen molar-refractivity contribution in [2.75, 3.05) is 7.05 Å². The summed E-state index contributed by atoms with van der Waals surface area (Å²) in [5, 5.41) is 0.179. The van der Waals surface area contributed by atoms with Crippen LogP contribution in [0.2, 0.25) is 5.02 Å². The van der Waals surface area contributed by atoms with E-state index < -0.39 is 56.6 Å². The summed E-state index contributed by atoms with van der Waals surface area (Å²) in [6, 6.07) is 4.27. The molecule has 20 heteroatoms. The molecule has 2 heterocycles. The quantitative estimate of drug-likeness (QED) is 0.224. The number of nitrogens with zero attached hydrogens (tertiary/aromatic N) is 5. The first-order valence-corrected chi connectivity index (χ1v) is 13.6. The molecule has 4 rings (SSSR count). The molecule has 0 saturated heterocycles. The molecule has 1 aliphatic rings. The van der Waals surface area contributed by atoms with Crippen molar-refractivity contribution in [2.24, 2.45) is 7.05 Å². The standard InChI is InChI=1S/C23H19ClF9N5O4S/c1-20(25,26)16-17(42-43(40,41)21(27,22(28,29)30)23(31,32)33)35-37(3)18(16)38-10-12(9-34-38)11-4-7-15(24)14(8-11)19(39)36(2)13-5-6-13/h4,7-10,13H,5-6H2,1-3H3. The second kappa shape index (κ2) is 10.3. The van der Waals surface area contributed by atoms with Gasteiger partial charge in [0.05, 0.1) is 16.8 Å². The highest BCUT2D eigenvalue weighted by Crippen LogP contribution is 2.51. The van der Waals surface area contributed by atoms with Gasteiger partial charge in [-0.1, -0.05) is 17.7 Å². The van der Waals surface area contributed by atoms with Gasteiger partial charge in [-0.3, -0.25) is 4.79 Å². The van der Waals surface area contributed by atoms with Crippen molar-refractivity contribution >= 4 is 27.6 Å². The van der Waals surface area contributed by atoms with Gasteiger partial charge in [-0.2, -0.15) is 39.9 Å². The Morgan fingerprint density at radius 2 is 1.63 bits per heavy atom. The molecule has 1 amide bonds. The van der Waals surface area contributed by atoms with Crippen LogP contribution in [0.25, 0.3) is 16.9 Å². The highest BCUT2D eigenvalue weighted by Gasteiger charge is 2.82. The second-order valence-electron chi connectivity index (χ2n) is 9.66. The van der Waals surface area contributed by atoms with E-state index in [1.807, 2.05) is 0 Å². The number of carbonyl (C=O) groups excluding carboxylic acids is 1. The van der Waals surface area contributed by atoms with Crippen LogP contribution in [0, 0.1) is 0 Å². The molecule has 0 bridgehead atoms. The Labute approximate surface area is 241 Å². The molecular formula is C23H19ClF9N5O4S. The molecule has 2 aromatic heterocycles. The van der Waals surface area contributed by atoms with Gasteiger partial charge in [-0.25, -0.2) is 22.5 Å². The highest BCUT2D eigenvalue weighted by molar-refractivity contribution is 7.88. The Kier molecular flexibility index (Phi) is 7.78. The number of hydrogen-bond donors (Lipinski definition) is 0. The number of aromatic nitrogens is 4. The summed E-state index contributed by atoms with van der Waals surface area (Å²) in [6.07, 6.45) is -10.4. The van der Waals surface area contributed by atoms with E-state index in [0.717, 1.165) is 32.3 Å². The lowest BCUT2D eigenvalue weighted by Gasteiger charge is -2.28. The highest BCUT2D eigenvalue weighted by atomic mass is 35.5. The van der Waals surface area contributed by atoms with Crippen molar-refractivity contribution in [1.29, 1.82) is 0 Å². The Morgan fingerprint density at radius 3 is 2.14 bits per heavy atom. The molecule has 236 valence electrons.